The Morgan fingerprint density at radius 2 is 1.92 bits per heavy atom. The summed E-state index contributed by atoms with van der Waals surface area (Å²) in [5.41, 5.74) is 2.14. The lowest BCUT2D eigenvalue weighted by molar-refractivity contribution is -0.124. The molecule has 2 saturated carbocycles. The first-order valence-corrected chi connectivity index (χ1v) is 15.7. The van der Waals surface area contributed by atoms with Gasteiger partial charge in [0.2, 0.25) is 0 Å². The number of rotatable bonds is 9. The van der Waals surface area contributed by atoms with Gasteiger partial charge in [0, 0.05) is 48.9 Å². The highest BCUT2D eigenvalue weighted by Crippen LogP contribution is 2.49. The second-order valence-electron chi connectivity index (χ2n) is 11.2. The number of nitrogens with one attached hydrogen (secondary N) is 1. The Bertz CT molecular complexity index is 1200. The van der Waals surface area contributed by atoms with E-state index in [0.717, 1.165) is 74.0 Å². The van der Waals surface area contributed by atoms with Gasteiger partial charge in [0.05, 0.1) is 4.91 Å². The van der Waals surface area contributed by atoms with Gasteiger partial charge in [-0.05, 0) is 92.8 Å². The highest BCUT2D eigenvalue weighted by molar-refractivity contribution is 8.26. The number of nitrogens with zero attached hydrogens (tertiary/aromatic N) is 2. The van der Waals surface area contributed by atoms with E-state index in [9.17, 15) is 4.79 Å². The number of hydrogen-bond donors (Lipinski definition) is 1. The number of halogens is 1. The van der Waals surface area contributed by atoms with E-state index in [2.05, 4.69) is 16.3 Å². The molecule has 3 heterocycles. The van der Waals surface area contributed by atoms with E-state index < -0.39 is 0 Å². The van der Waals surface area contributed by atoms with Crippen molar-refractivity contribution in [1.82, 2.24) is 15.1 Å². The summed E-state index contributed by atoms with van der Waals surface area (Å²) >= 11 is 13.3. The van der Waals surface area contributed by atoms with E-state index in [0.29, 0.717) is 20.2 Å². The lowest BCUT2D eigenvalue weighted by atomic mass is 9.94. The number of furan rings is 1. The number of aryl methyl sites for hydroxylation is 1. The van der Waals surface area contributed by atoms with E-state index in [1.807, 2.05) is 35.2 Å². The molecule has 2 aliphatic carbocycles. The fraction of sp³-hybridized carbons (Fsp3) is 0.533. The zero-order valence-electron chi connectivity index (χ0n) is 21.8. The first-order chi connectivity index (χ1) is 18.5. The molecule has 1 aromatic heterocycles. The van der Waals surface area contributed by atoms with Gasteiger partial charge in [-0.3, -0.25) is 9.69 Å². The minimum Gasteiger partial charge on any atom is -0.456 e. The van der Waals surface area contributed by atoms with Gasteiger partial charge in [-0.15, -0.1) is 0 Å². The molecule has 2 saturated heterocycles. The Balaban J connectivity index is 1.17. The van der Waals surface area contributed by atoms with E-state index in [1.54, 1.807) is 0 Å². The van der Waals surface area contributed by atoms with Crippen molar-refractivity contribution in [3.63, 3.8) is 0 Å². The molecule has 6 rings (SSSR count). The van der Waals surface area contributed by atoms with Crippen LogP contribution in [0.2, 0.25) is 5.02 Å². The molecule has 2 aliphatic heterocycles. The third-order valence-corrected chi connectivity index (χ3v) is 10.3. The van der Waals surface area contributed by atoms with Crippen LogP contribution in [0, 0.1) is 11.8 Å². The lowest BCUT2D eigenvalue weighted by Gasteiger charge is -2.30. The van der Waals surface area contributed by atoms with Crippen molar-refractivity contribution in [2.75, 3.05) is 32.7 Å². The van der Waals surface area contributed by atoms with Gasteiger partial charge in [0.1, 0.15) is 15.8 Å². The van der Waals surface area contributed by atoms with Gasteiger partial charge in [0.15, 0.2) is 0 Å². The first-order valence-electron chi connectivity index (χ1n) is 14.1. The van der Waals surface area contributed by atoms with Crippen LogP contribution in [0.5, 0.6) is 0 Å². The van der Waals surface area contributed by atoms with Gasteiger partial charge in [-0.25, -0.2) is 0 Å². The maximum atomic E-state index is 13.5. The van der Waals surface area contributed by atoms with Crippen LogP contribution in [0.15, 0.2) is 39.7 Å². The summed E-state index contributed by atoms with van der Waals surface area (Å²) in [5.74, 6) is 3.03. The highest BCUT2D eigenvalue weighted by Gasteiger charge is 2.48. The molecular formula is C30H36ClN3O2S2. The SMILES string of the molecule is O=C1C(=Cc2oc(-c3ccc(Cl)cc3)cc2CCCCCN2CCNCC2)SC(=S)N1C1CC2CCC1C2. The fourth-order valence-electron chi connectivity index (χ4n) is 6.69. The minimum atomic E-state index is 0.0592. The second-order valence-corrected chi connectivity index (χ2v) is 13.3. The quantitative estimate of drug-likeness (QED) is 0.208. The first kappa shape index (κ1) is 26.6. The van der Waals surface area contributed by atoms with E-state index >= 15 is 0 Å². The molecule has 38 heavy (non-hydrogen) atoms. The second kappa shape index (κ2) is 11.8. The molecule has 3 atom stereocenters. The van der Waals surface area contributed by atoms with Crippen molar-refractivity contribution >= 4 is 51.9 Å². The van der Waals surface area contributed by atoms with Crippen molar-refractivity contribution < 1.29 is 9.21 Å². The fourth-order valence-corrected chi connectivity index (χ4v) is 8.16. The molecule has 4 aliphatic rings. The van der Waals surface area contributed by atoms with Gasteiger partial charge < -0.3 is 14.6 Å². The maximum Gasteiger partial charge on any atom is 0.266 e. The van der Waals surface area contributed by atoms with E-state index in [-0.39, 0.29) is 11.9 Å². The Hall–Kier alpha value is -1.64. The number of benzene rings is 1. The maximum absolute atomic E-state index is 13.5. The molecule has 2 bridgehead atoms. The minimum absolute atomic E-state index is 0.0592. The molecule has 8 heteroatoms. The zero-order valence-corrected chi connectivity index (χ0v) is 24.2. The number of thiocarbonyl (C=S) groups is 1. The monoisotopic (exact) mass is 569 g/mol. The predicted octanol–water partition coefficient (Wildman–Crippen LogP) is 6.61. The van der Waals surface area contributed by atoms with Crippen molar-refractivity contribution in [1.29, 1.82) is 0 Å². The van der Waals surface area contributed by atoms with Gasteiger partial charge in [-0.1, -0.05) is 48.4 Å². The topological polar surface area (TPSA) is 48.7 Å². The third-order valence-electron chi connectivity index (χ3n) is 8.72. The van der Waals surface area contributed by atoms with Gasteiger partial charge in [0.25, 0.3) is 5.91 Å². The third kappa shape index (κ3) is 5.78. The lowest BCUT2D eigenvalue weighted by Crippen LogP contribution is -2.43. The molecule has 2 aromatic rings. The summed E-state index contributed by atoms with van der Waals surface area (Å²) in [5, 5.41) is 4.13. The zero-order chi connectivity index (χ0) is 26.1. The number of fused-ring (bicyclic) bond motifs is 2. The molecule has 1 N–H and O–H groups in total. The Labute approximate surface area is 240 Å². The van der Waals surface area contributed by atoms with Gasteiger partial charge in [-0.2, -0.15) is 0 Å². The van der Waals surface area contributed by atoms with Crippen molar-refractivity contribution in [3.05, 3.63) is 51.6 Å². The van der Waals surface area contributed by atoms with Crippen LogP contribution < -0.4 is 5.32 Å². The summed E-state index contributed by atoms with van der Waals surface area (Å²) in [7, 11) is 0. The summed E-state index contributed by atoms with van der Waals surface area (Å²) < 4.78 is 7.09. The number of unbranched alkanes of at least 4 members (excludes halogenated alkanes) is 2. The largest absolute Gasteiger partial charge is 0.456 e. The number of carbonyl (C=O) groups excluding carboxylic acids is 1. The molecule has 202 valence electrons. The molecule has 0 radical (unpaired) electrons. The Morgan fingerprint density at radius 1 is 1.11 bits per heavy atom. The Kier molecular flexibility index (Phi) is 8.29. The van der Waals surface area contributed by atoms with Crippen molar-refractivity contribution in [2.45, 2.75) is 57.4 Å². The van der Waals surface area contributed by atoms with Crippen LogP contribution in [-0.2, 0) is 11.2 Å². The normalized spacial score (nSPS) is 26.8. The molecular weight excluding hydrogens is 534 g/mol. The summed E-state index contributed by atoms with van der Waals surface area (Å²) in [6.45, 7) is 5.66. The van der Waals surface area contributed by atoms with Crippen LogP contribution in [-0.4, -0.2) is 58.8 Å². The smallest absolute Gasteiger partial charge is 0.266 e. The summed E-state index contributed by atoms with van der Waals surface area (Å²) in [4.78, 5) is 18.7. The standard InChI is InChI=1S/C30H36ClN3O2S2/c31-24-9-7-21(8-10-24)26-18-23(4-2-1-3-13-33-14-11-32-12-15-33)27(36-26)19-28-29(35)34(30(37)38-28)25-17-20-5-6-22(25)16-20/h7-10,18-20,22,25,32H,1-6,11-17H2. The van der Waals surface area contributed by atoms with E-state index in [1.165, 1.54) is 50.4 Å². The van der Waals surface area contributed by atoms with Crippen molar-refractivity contribution in [2.24, 2.45) is 11.8 Å². The van der Waals surface area contributed by atoms with Crippen LogP contribution in [0.1, 0.15) is 56.3 Å². The highest BCUT2D eigenvalue weighted by atomic mass is 35.5. The Morgan fingerprint density at radius 3 is 2.66 bits per heavy atom. The van der Waals surface area contributed by atoms with Crippen LogP contribution >= 0.6 is 35.6 Å². The van der Waals surface area contributed by atoms with Gasteiger partial charge >= 0.3 is 0 Å². The van der Waals surface area contributed by atoms with Crippen LogP contribution in [0.4, 0.5) is 0 Å². The summed E-state index contributed by atoms with van der Waals surface area (Å²) in [6, 6.07) is 10.2. The van der Waals surface area contributed by atoms with E-state index in [4.69, 9.17) is 28.2 Å². The summed E-state index contributed by atoms with van der Waals surface area (Å²) in [6.07, 6.45) is 11.2. The molecule has 1 aromatic carbocycles. The average Bonchev–Trinajstić information content (AvgIpc) is 3.70. The number of thioether (sulfide) groups is 1. The number of carbonyl (C=O) groups is 1. The number of piperazine rings is 1. The number of amides is 1. The molecule has 3 unspecified atom stereocenters. The number of hydrogen-bond acceptors (Lipinski definition) is 6. The molecule has 5 nitrogen and oxygen atoms in total. The molecule has 0 spiro atoms. The average molecular weight is 570 g/mol. The predicted molar refractivity (Wildman–Crippen MR) is 160 cm³/mol. The van der Waals surface area contributed by atoms with Crippen LogP contribution in [0.3, 0.4) is 0 Å². The molecule has 4 fully saturated rings. The van der Waals surface area contributed by atoms with Crippen molar-refractivity contribution in [3.8, 4) is 11.3 Å². The van der Waals surface area contributed by atoms with Crippen LogP contribution in [0.25, 0.3) is 17.4 Å². The molecule has 1 amide bonds.